The van der Waals surface area contributed by atoms with Crippen molar-refractivity contribution in [2.45, 2.75) is 50.7 Å². The van der Waals surface area contributed by atoms with Crippen LogP contribution in [-0.2, 0) is 9.59 Å². The van der Waals surface area contributed by atoms with Crippen LogP contribution < -0.4 is 10.6 Å². The number of nitrogens with zero attached hydrogens (tertiary/aromatic N) is 1. The maximum absolute atomic E-state index is 12.5. The summed E-state index contributed by atoms with van der Waals surface area (Å²) < 4.78 is 0. The summed E-state index contributed by atoms with van der Waals surface area (Å²) in [7, 11) is 0. The van der Waals surface area contributed by atoms with Crippen LogP contribution in [-0.4, -0.2) is 66.1 Å². The molecule has 2 saturated heterocycles. The molecule has 124 valence electrons. The fraction of sp³-hybridized carbons (Fsp3) is 0.875. The van der Waals surface area contributed by atoms with Crippen LogP contribution in [0.15, 0.2) is 0 Å². The van der Waals surface area contributed by atoms with Crippen molar-refractivity contribution in [3.8, 4) is 0 Å². The minimum Gasteiger partial charge on any atom is -0.387 e. The molecule has 3 fully saturated rings. The summed E-state index contributed by atoms with van der Waals surface area (Å²) in [6.07, 6.45) is 5.01. The molecular formula is C16H27N3O3. The molecule has 2 atom stereocenters. The Balaban J connectivity index is 1.77. The third-order valence-corrected chi connectivity index (χ3v) is 5.87. The lowest BCUT2D eigenvalue weighted by atomic mass is 9.66. The Kier molecular flexibility index (Phi) is 4.27. The van der Waals surface area contributed by atoms with Crippen LogP contribution >= 0.6 is 0 Å². The van der Waals surface area contributed by atoms with Crippen molar-refractivity contribution in [3.05, 3.63) is 0 Å². The lowest BCUT2D eigenvalue weighted by Gasteiger charge is -2.51. The van der Waals surface area contributed by atoms with E-state index in [2.05, 4.69) is 10.6 Å². The molecule has 1 amide bonds. The Morgan fingerprint density at radius 1 is 1.32 bits per heavy atom. The van der Waals surface area contributed by atoms with Gasteiger partial charge in [-0.2, -0.15) is 0 Å². The van der Waals surface area contributed by atoms with Crippen molar-refractivity contribution in [2.75, 3.05) is 32.7 Å². The topological polar surface area (TPSA) is 81.7 Å². The monoisotopic (exact) mass is 309 g/mol. The van der Waals surface area contributed by atoms with Crippen molar-refractivity contribution in [3.63, 3.8) is 0 Å². The zero-order valence-corrected chi connectivity index (χ0v) is 13.4. The number of piperidine rings is 1. The predicted octanol–water partition coefficient (Wildman–Crippen LogP) is -0.339. The van der Waals surface area contributed by atoms with Crippen LogP contribution in [0.2, 0.25) is 0 Å². The third-order valence-electron chi connectivity index (χ3n) is 5.87. The van der Waals surface area contributed by atoms with Crippen LogP contribution in [0.3, 0.4) is 0 Å². The maximum atomic E-state index is 12.5. The molecule has 22 heavy (non-hydrogen) atoms. The molecule has 1 spiro atoms. The van der Waals surface area contributed by atoms with Crippen LogP contribution in [0, 0.1) is 5.41 Å². The molecule has 3 N–H and O–H groups in total. The predicted molar refractivity (Wildman–Crippen MR) is 82.4 cm³/mol. The van der Waals surface area contributed by atoms with E-state index in [9.17, 15) is 14.7 Å². The average molecular weight is 309 g/mol. The molecule has 0 aromatic carbocycles. The highest BCUT2D eigenvalue weighted by Crippen LogP contribution is 2.49. The molecule has 0 aromatic rings. The molecule has 6 nitrogen and oxygen atoms in total. The smallest absolute Gasteiger partial charge is 0.247 e. The van der Waals surface area contributed by atoms with E-state index in [1.165, 1.54) is 6.92 Å². The highest BCUT2D eigenvalue weighted by molar-refractivity contribution is 6.04. The fourth-order valence-corrected chi connectivity index (χ4v) is 4.51. The van der Waals surface area contributed by atoms with E-state index in [0.29, 0.717) is 26.1 Å². The van der Waals surface area contributed by atoms with E-state index >= 15 is 0 Å². The fourth-order valence-electron chi connectivity index (χ4n) is 4.51. The molecule has 0 bridgehead atoms. The van der Waals surface area contributed by atoms with Gasteiger partial charge in [-0.05, 0) is 32.7 Å². The zero-order chi connectivity index (χ0) is 15.8. The summed E-state index contributed by atoms with van der Waals surface area (Å²) in [6.45, 7) is 4.59. The Hall–Kier alpha value is -0.980. The number of piperazine rings is 1. The number of carbonyl (C=O) groups is 2. The van der Waals surface area contributed by atoms with Crippen molar-refractivity contribution in [1.82, 2.24) is 15.5 Å². The SMILES string of the molecule is CC(=O)C1NCCN(CC2(O)CCNCC23CCCC3)C1=O. The van der Waals surface area contributed by atoms with Crippen LogP contribution in [0.1, 0.15) is 39.0 Å². The van der Waals surface area contributed by atoms with Crippen molar-refractivity contribution < 1.29 is 14.7 Å². The second-order valence-electron chi connectivity index (χ2n) is 7.20. The molecule has 1 aliphatic carbocycles. The molecule has 2 unspecified atom stereocenters. The first-order chi connectivity index (χ1) is 10.5. The number of ketones is 1. The highest BCUT2D eigenvalue weighted by atomic mass is 16.3. The van der Waals surface area contributed by atoms with E-state index in [-0.39, 0.29) is 17.1 Å². The number of hydrogen-bond acceptors (Lipinski definition) is 5. The van der Waals surface area contributed by atoms with E-state index in [0.717, 1.165) is 38.8 Å². The van der Waals surface area contributed by atoms with E-state index < -0.39 is 11.6 Å². The molecule has 3 rings (SSSR count). The number of rotatable bonds is 3. The van der Waals surface area contributed by atoms with Gasteiger partial charge in [0.1, 0.15) is 6.04 Å². The first kappa shape index (κ1) is 15.9. The van der Waals surface area contributed by atoms with Gasteiger partial charge in [-0.25, -0.2) is 0 Å². The van der Waals surface area contributed by atoms with Gasteiger partial charge in [0.2, 0.25) is 5.91 Å². The van der Waals surface area contributed by atoms with Gasteiger partial charge in [-0.15, -0.1) is 0 Å². The standard InChI is InChI=1S/C16H27N3O3/c1-12(20)13-14(21)19(9-8-18-13)11-16(22)6-7-17-10-15(16)4-2-3-5-15/h13,17-18,22H,2-11H2,1H3. The van der Waals surface area contributed by atoms with Gasteiger partial charge >= 0.3 is 0 Å². The van der Waals surface area contributed by atoms with Crippen LogP contribution in [0.25, 0.3) is 0 Å². The number of aliphatic hydroxyl groups is 1. The van der Waals surface area contributed by atoms with E-state index in [1.54, 1.807) is 4.90 Å². The lowest BCUT2D eigenvalue weighted by Crippen LogP contribution is -2.66. The van der Waals surface area contributed by atoms with Gasteiger partial charge in [0, 0.05) is 25.0 Å². The van der Waals surface area contributed by atoms with Crippen molar-refractivity contribution in [2.24, 2.45) is 5.41 Å². The van der Waals surface area contributed by atoms with Crippen molar-refractivity contribution in [1.29, 1.82) is 0 Å². The number of carbonyl (C=O) groups excluding carboxylic acids is 2. The molecule has 6 heteroatoms. The molecule has 1 saturated carbocycles. The second kappa shape index (κ2) is 5.91. The average Bonchev–Trinajstić information content (AvgIpc) is 2.95. The summed E-state index contributed by atoms with van der Waals surface area (Å²) in [6, 6.07) is -0.737. The van der Waals surface area contributed by atoms with Gasteiger partial charge in [-0.3, -0.25) is 14.9 Å². The number of hydrogen-bond donors (Lipinski definition) is 3. The first-order valence-corrected chi connectivity index (χ1v) is 8.43. The molecule has 0 radical (unpaired) electrons. The van der Waals surface area contributed by atoms with Gasteiger partial charge in [0.15, 0.2) is 5.78 Å². The van der Waals surface area contributed by atoms with Gasteiger partial charge in [0.25, 0.3) is 0 Å². The normalized spacial score (nSPS) is 35.1. The number of β-amino-alcohol motifs (C(OH)–C–C–N with tert-alkyl or cyclic N) is 1. The molecule has 0 aromatic heterocycles. The minimum atomic E-state index is -0.830. The highest BCUT2D eigenvalue weighted by Gasteiger charge is 2.54. The van der Waals surface area contributed by atoms with Crippen LogP contribution in [0.4, 0.5) is 0 Å². The second-order valence-corrected chi connectivity index (χ2v) is 7.20. The summed E-state index contributed by atoms with van der Waals surface area (Å²) in [5, 5.41) is 17.8. The van der Waals surface area contributed by atoms with Gasteiger partial charge in [-0.1, -0.05) is 12.8 Å². The number of amides is 1. The molecule has 2 heterocycles. The molecular weight excluding hydrogens is 282 g/mol. The third kappa shape index (κ3) is 2.57. The zero-order valence-electron chi connectivity index (χ0n) is 13.4. The van der Waals surface area contributed by atoms with E-state index in [4.69, 9.17) is 0 Å². The molecule has 2 aliphatic heterocycles. The summed E-state index contributed by atoms with van der Waals surface area (Å²) >= 11 is 0. The van der Waals surface area contributed by atoms with E-state index in [1.807, 2.05) is 0 Å². The van der Waals surface area contributed by atoms with Gasteiger partial charge < -0.3 is 15.3 Å². The largest absolute Gasteiger partial charge is 0.387 e. The summed E-state index contributed by atoms with van der Waals surface area (Å²) in [5.74, 6) is -0.332. The number of nitrogens with one attached hydrogen (secondary N) is 2. The number of Topliss-reactive ketones (excluding diaryl/α,β-unsaturated/α-hetero) is 1. The maximum Gasteiger partial charge on any atom is 0.247 e. The Bertz CT molecular complexity index is 462. The lowest BCUT2D eigenvalue weighted by molar-refractivity contribution is -0.153. The first-order valence-electron chi connectivity index (χ1n) is 8.43. The van der Waals surface area contributed by atoms with Crippen molar-refractivity contribution >= 4 is 11.7 Å². The Morgan fingerprint density at radius 3 is 2.73 bits per heavy atom. The Morgan fingerprint density at radius 2 is 2.05 bits per heavy atom. The summed E-state index contributed by atoms with van der Waals surface area (Å²) in [4.78, 5) is 25.8. The van der Waals surface area contributed by atoms with Crippen LogP contribution in [0.5, 0.6) is 0 Å². The minimum absolute atomic E-state index is 0.109. The van der Waals surface area contributed by atoms with Gasteiger partial charge in [0.05, 0.1) is 12.1 Å². The Labute approximate surface area is 131 Å². The quantitative estimate of drug-likeness (QED) is 0.622. The molecule has 3 aliphatic rings. The summed E-state index contributed by atoms with van der Waals surface area (Å²) in [5.41, 5.74) is -0.939.